The number of carbonyl (C=O) groups is 2. The van der Waals surface area contributed by atoms with Gasteiger partial charge in [0.15, 0.2) is 5.13 Å². The van der Waals surface area contributed by atoms with Gasteiger partial charge in [-0.1, -0.05) is 18.2 Å². The van der Waals surface area contributed by atoms with E-state index in [1.807, 2.05) is 0 Å². The molecule has 7 heteroatoms. The van der Waals surface area contributed by atoms with Crippen LogP contribution in [-0.2, 0) is 0 Å². The molecule has 0 aliphatic heterocycles. The second-order valence-electron chi connectivity index (χ2n) is 4.95. The average molecular weight is 341 g/mol. The van der Waals surface area contributed by atoms with Crippen molar-refractivity contribution in [2.24, 2.45) is 5.73 Å². The second kappa shape index (κ2) is 6.59. The van der Waals surface area contributed by atoms with Crippen molar-refractivity contribution in [2.75, 3.05) is 5.32 Å². The minimum Gasteiger partial charge on any atom is -0.366 e. The maximum Gasteiger partial charge on any atom is 0.257 e. The Morgan fingerprint density at radius 2 is 1.83 bits per heavy atom. The second-order valence-corrected chi connectivity index (χ2v) is 5.81. The Bertz CT molecular complexity index is 923. The number of benzene rings is 2. The Kier molecular flexibility index (Phi) is 4.35. The Morgan fingerprint density at radius 3 is 2.58 bits per heavy atom. The third-order valence-corrected chi connectivity index (χ3v) is 4.01. The van der Waals surface area contributed by atoms with Gasteiger partial charge >= 0.3 is 0 Å². The first-order valence-corrected chi connectivity index (χ1v) is 7.83. The van der Waals surface area contributed by atoms with Gasteiger partial charge in [0, 0.05) is 22.1 Å². The molecule has 0 atom stereocenters. The van der Waals surface area contributed by atoms with E-state index in [-0.39, 0.29) is 11.4 Å². The minimum absolute atomic E-state index is 0.252. The topological polar surface area (TPSA) is 85.1 Å². The Morgan fingerprint density at radius 1 is 1.08 bits per heavy atom. The number of halogens is 1. The van der Waals surface area contributed by atoms with E-state index < -0.39 is 11.8 Å². The van der Waals surface area contributed by atoms with E-state index >= 15 is 0 Å². The van der Waals surface area contributed by atoms with Crippen LogP contribution in [0.4, 0.5) is 9.52 Å². The van der Waals surface area contributed by atoms with Crippen LogP contribution in [0.3, 0.4) is 0 Å². The third-order valence-electron chi connectivity index (χ3n) is 3.25. The lowest BCUT2D eigenvalue weighted by atomic mass is 10.1. The summed E-state index contributed by atoms with van der Waals surface area (Å²) in [6.07, 6.45) is 0. The number of thiazole rings is 1. The quantitative estimate of drug-likeness (QED) is 0.763. The van der Waals surface area contributed by atoms with Crippen LogP contribution in [0, 0.1) is 5.82 Å². The largest absolute Gasteiger partial charge is 0.366 e. The molecule has 0 unspecified atom stereocenters. The van der Waals surface area contributed by atoms with Crippen molar-refractivity contribution < 1.29 is 14.0 Å². The molecular weight excluding hydrogens is 329 g/mol. The Labute approximate surface area is 141 Å². The molecule has 1 aromatic heterocycles. The molecule has 5 nitrogen and oxygen atoms in total. The number of aromatic nitrogens is 1. The van der Waals surface area contributed by atoms with Crippen molar-refractivity contribution in [1.82, 2.24) is 4.98 Å². The summed E-state index contributed by atoms with van der Waals surface area (Å²) >= 11 is 1.23. The lowest BCUT2D eigenvalue weighted by molar-refractivity contribution is 0.1000. The van der Waals surface area contributed by atoms with Crippen LogP contribution in [0.5, 0.6) is 0 Å². The highest BCUT2D eigenvalue weighted by molar-refractivity contribution is 7.14. The number of primary amides is 1. The van der Waals surface area contributed by atoms with Gasteiger partial charge in [0.2, 0.25) is 5.91 Å². The standard InChI is InChI=1S/C17H12FN3O2S/c18-13-6-2-3-10(8-13)14-9-24-17(20-14)21-16(23)12-5-1-4-11(7-12)15(19)22/h1-9H,(H2,19,22)(H,20,21,23). The van der Waals surface area contributed by atoms with Gasteiger partial charge in [0.05, 0.1) is 5.69 Å². The molecule has 0 aliphatic carbocycles. The van der Waals surface area contributed by atoms with Gasteiger partial charge in [0.1, 0.15) is 5.82 Å². The van der Waals surface area contributed by atoms with E-state index in [0.717, 1.165) is 0 Å². The smallest absolute Gasteiger partial charge is 0.257 e. The van der Waals surface area contributed by atoms with Gasteiger partial charge in [-0.3, -0.25) is 14.9 Å². The third kappa shape index (κ3) is 3.47. The van der Waals surface area contributed by atoms with Crippen LogP contribution in [0.2, 0.25) is 0 Å². The van der Waals surface area contributed by atoms with E-state index in [4.69, 9.17) is 5.73 Å². The van der Waals surface area contributed by atoms with E-state index in [1.54, 1.807) is 29.6 Å². The molecule has 120 valence electrons. The van der Waals surface area contributed by atoms with Gasteiger partial charge < -0.3 is 5.73 Å². The molecule has 3 N–H and O–H groups in total. The summed E-state index contributed by atoms with van der Waals surface area (Å²) in [6.45, 7) is 0. The Hall–Kier alpha value is -3.06. The van der Waals surface area contributed by atoms with Gasteiger partial charge in [-0.2, -0.15) is 0 Å². The lowest BCUT2D eigenvalue weighted by Crippen LogP contribution is -2.15. The van der Waals surface area contributed by atoms with Crippen LogP contribution in [0.15, 0.2) is 53.9 Å². The number of nitrogens with zero attached hydrogens (tertiary/aromatic N) is 1. The molecule has 0 spiro atoms. The number of hydrogen-bond acceptors (Lipinski definition) is 4. The molecule has 1 heterocycles. The summed E-state index contributed by atoms with van der Waals surface area (Å²) in [6, 6.07) is 12.2. The fourth-order valence-electron chi connectivity index (χ4n) is 2.09. The van der Waals surface area contributed by atoms with Crippen molar-refractivity contribution in [1.29, 1.82) is 0 Å². The first kappa shape index (κ1) is 15.8. The Balaban J connectivity index is 1.78. The first-order valence-electron chi connectivity index (χ1n) is 6.95. The number of rotatable bonds is 4. The van der Waals surface area contributed by atoms with Crippen LogP contribution in [-0.4, -0.2) is 16.8 Å². The summed E-state index contributed by atoms with van der Waals surface area (Å²) in [7, 11) is 0. The molecular formula is C17H12FN3O2S. The predicted molar refractivity (Wildman–Crippen MR) is 90.4 cm³/mol. The fraction of sp³-hybridized carbons (Fsp3) is 0. The maximum atomic E-state index is 13.3. The SMILES string of the molecule is NC(=O)c1cccc(C(=O)Nc2nc(-c3cccc(F)c3)cs2)c1. The number of nitrogens with two attached hydrogens (primary N) is 1. The van der Waals surface area contributed by atoms with Crippen LogP contribution in [0.1, 0.15) is 20.7 Å². The van der Waals surface area contributed by atoms with Gasteiger partial charge in [-0.25, -0.2) is 9.37 Å². The zero-order valence-electron chi connectivity index (χ0n) is 12.3. The number of carbonyl (C=O) groups excluding carboxylic acids is 2. The van der Waals surface area contributed by atoms with Crippen LogP contribution < -0.4 is 11.1 Å². The zero-order chi connectivity index (χ0) is 17.1. The number of anilines is 1. The molecule has 3 rings (SSSR count). The van der Waals surface area contributed by atoms with Gasteiger partial charge in [-0.05, 0) is 30.3 Å². The summed E-state index contributed by atoms with van der Waals surface area (Å²) in [5.74, 6) is -1.36. The summed E-state index contributed by atoms with van der Waals surface area (Å²) < 4.78 is 13.3. The molecule has 3 aromatic rings. The average Bonchev–Trinajstić information content (AvgIpc) is 3.03. The van der Waals surface area contributed by atoms with Crippen LogP contribution in [0.25, 0.3) is 11.3 Å². The number of hydrogen-bond donors (Lipinski definition) is 2. The van der Waals surface area contributed by atoms with E-state index in [0.29, 0.717) is 22.0 Å². The molecule has 0 fully saturated rings. The highest BCUT2D eigenvalue weighted by atomic mass is 32.1. The van der Waals surface area contributed by atoms with E-state index in [2.05, 4.69) is 10.3 Å². The van der Waals surface area contributed by atoms with Gasteiger partial charge in [0.25, 0.3) is 5.91 Å². The van der Waals surface area contributed by atoms with Crippen molar-refractivity contribution in [3.8, 4) is 11.3 Å². The number of nitrogens with one attached hydrogen (secondary N) is 1. The van der Waals surface area contributed by atoms with Crippen molar-refractivity contribution >= 4 is 28.3 Å². The minimum atomic E-state index is -0.604. The molecule has 24 heavy (non-hydrogen) atoms. The molecule has 0 bridgehead atoms. The summed E-state index contributed by atoms with van der Waals surface area (Å²) in [5, 5.41) is 4.76. The van der Waals surface area contributed by atoms with E-state index in [1.165, 1.54) is 35.6 Å². The zero-order valence-corrected chi connectivity index (χ0v) is 13.1. The first-order chi connectivity index (χ1) is 11.5. The molecule has 2 amide bonds. The predicted octanol–water partition coefficient (Wildman–Crippen LogP) is 3.30. The molecule has 0 aliphatic rings. The molecule has 0 radical (unpaired) electrons. The van der Waals surface area contributed by atoms with E-state index in [9.17, 15) is 14.0 Å². The van der Waals surface area contributed by atoms with Crippen molar-refractivity contribution in [3.63, 3.8) is 0 Å². The fourth-order valence-corrected chi connectivity index (χ4v) is 2.81. The normalized spacial score (nSPS) is 10.4. The molecule has 2 aromatic carbocycles. The molecule has 0 saturated heterocycles. The number of amides is 2. The maximum absolute atomic E-state index is 13.3. The summed E-state index contributed by atoms with van der Waals surface area (Å²) in [4.78, 5) is 27.7. The highest BCUT2D eigenvalue weighted by Gasteiger charge is 2.12. The summed E-state index contributed by atoms with van der Waals surface area (Å²) in [5.41, 5.74) is 6.95. The van der Waals surface area contributed by atoms with Crippen molar-refractivity contribution in [3.05, 3.63) is 70.9 Å². The molecule has 0 saturated carbocycles. The van der Waals surface area contributed by atoms with Crippen molar-refractivity contribution in [2.45, 2.75) is 0 Å². The highest BCUT2D eigenvalue weighted by Crippen LogP contribution is 2.25. The lowest BCUT2D eigenvalue weighted by Gasteiger charge is -2.03. The van der Waals surface area contributed by atoms with Crippen LogP contribution >= 0.6 is 11.3 Å². The monoisotopic (exact) mass is 341 g/mol. The van der Waals surface area contributed by atoms with Gasteiger partial charge in [-0.15, -0.1) is 11.3 Å².